The summed E-state index contributed by atoms with van der Waals surface area (Å²) in [4.78, 5) is 38.8. The Hall–Kier alpha value is -3.42. The molecular formula is C18H16FN3O4. The number of amides is 1. The predicted molar refractivity (Wildman–Crippen MR) is 93.5 cm³/mol. The molecular weight excluding hydrogens is 341 g/mol. The van der Waals surface area contributed by atoms with Crippen LogP contribution in [0.2, 0.25) is 0 Å². The number of nitrogens with zero attached hydrogens (tertiary/aromatic N) is 1. The van der Waals surface area contributed by atoms with Crippen LogP contribution in [0, 0.1) is 5.82 Å². The standard InChI is InChI=1S/C18H16FN3O4/c1-2-26-17(24)12-5-3-4-6-13(12)20-16(23)10-22-15-8-7-11(19)9-14(15)21-18(22)25/h3-9H,2,10H2,1H3,(H,20,23)(H,21,25). The van der Waals surface area contributed by atoms with Gasteiger partial charge < -0.3 is 15.0 Å². The van der Waals surface area contributed by atoms with E-state index in [0.29, 0.717) is 11.0 Å². The lowest BCUT2D eigenvalue weighted by Gasteiger charge is -2.10. The van der Waals surface area contributed by atoms with Crippen molar-refractivity contribution < 1.29 is 18.7 Å². The van der Waals surface area contributed by atoms with E-state index in [1.807, 2.05) is 0 Å². The molecule has 3 rings (SSSR count). The summed E-state index contributed by atoms with van der Waals surface area (Å²) in [6.45, 7) is 1.61. The Bertz CT molecular complexity index is 1040. The summed E-state index contributed by atoms with van der Waals surface area (Å²) in [6.07, 6.45) is 0. The van der Waals surface area contributed by atoms with Crippen molar-refractivity contribution in [3.8, 4) is 0 Å². The number of imidazole rings is 1. The Balaban J connectivity index is 1.84. The number of para-hydroxylation sites is 1. The number of anilines is 1. The number of rotatable bonds is 5. The summed E-state index contributed by atoms with van der Waals surface area (Å²) in [5.74, 6) is -1.55. The van der Waals surface area contributed by atoms with Crippen LogP contribution in [0.4, 0.5) is 10.1 Å². The van der Waals surface area contributed by atoms with E-state index >= 15 is 0 Å². The Labute approximate surface area is 147 Å². The molecule has 0 fully saturated rings. The molecule has 0 bridgehead atoms. The number of hydrogen-bond acceptors (Lipinski definition) is 4. The fourth-order valence-electron chi connectivity index (χ4n) is 2.61. The van der Waals surface area contributed by atoms with Crippen LogP contribution in [-0.4, -0.2) is 28.0 Å². The van der Waals surface area contributed by atoms with Gasteiger partial charge in [-0.2, -0.15) is 0 Å². The van der Waals surface area contributed by atoms with Crippen LogP contribution in [-0.2, 0) is 16.1 Å². The quantitative estimate of drug-likeness (QED) is 0.685. The van der Waals surface area contributed by atoms with Gasteiger partial charge in [0.05, 0.1) is 28.9 Å². The second kappa shape index (κ2) is 7.22. The van der Waals surface area contributed by atoms with Crippen LogP contribution in [0.1, 0.15) is 17.3 Å². The number of esters is 1. The number of aromatic amines is 1. The number of carbonyl (C=O) groups is 2. The molecule has 0 saturated carbocycles. The summed E-state index contributed by atoms with van der Waals surface area (Å²) in [5, 5.41) is 2.60. The molecule has 1 amide bonds. The first kappa shape index (κ1) is 17.4. The maximum atomic E-state index is 13.3. The van der Waals surface area contributed by atoms with Gasteiger partial charge in [0.25, 0.3) is 0 Å². The van der Waals surface area contributed by atoms with Crippen molar-refractivity contribution in [3.63, 3.8) is 0 Å². The van der Waals surface area contributed by atoms with Crippen LogP contribution < -0.4 is 11.0 Å². The number of nitrogens with one attached hydrogen (secondary N) is 2. The van der Waals surface area contributed by atoms with Gasteiger partial charge in [-0.1, -0.05) is 12.1 Å². The van der Waals surface area contributed by atoms with Gasteiger partial charge in [-0.25, -0.2) is 14.0 Å². The fraction of sp³-hybridized carbons (Fsp3) is 0.167. The smallest absolute Gasteiger partial charge is 0.340 e. The van der Waals surface area contributed by atoms with Crippen LogP contribution >= 0.6 is 0 Å². The van der Waals surface area contributed by atoms with E-state index < -0.39 is 23.4 Å². The summed E-state index contributed by atoms with van der Waals surface area (Å²) in [6, 6.07) is 10.2. The molecule has 2 N–H and O–H groups in total. The van der Waals surface area contributed by atoms with Crippen LogP contribution in [0.25, 0.3) is 11.0 Å². The molecule has 1 heterocycles. The molecule has 0 saturated heterocycles. The fourth-order valence-corrected chi connectivity index (χ4v) is 2.61. The van der Waals surface area contributed by atoms with E-state index in [4.69, 9.17) is 4.74 Å². The molecule has 1 aromatic heterocycles. The number of aromatic nitrogens is 2. The molecule has 3 aromatic rings. The molecule has 0 radical (unpaired) electrons. The first-order chi connectivity index (χ1) is 12.5. The first-order valence-electron chi connectivity index (χ1n) is 7.93. The number of H-pyrrole nitrogens is 1. The molecule has 26 heavy (non-hydrogen) atoms. The molecule has 0 aliphatic heterocycles. The van der Waals surface area contributed by atoms with Crippen molar-refractivity contribution in [2.45, 2.75) is 13.5 Å². The normalized spacial score (nSPS) is 10.7. The minimum atomic E-state index is -0.553. The zero-order valence-corrected chi connectivity index (χ0v) is 13.9. The molecule has 7 nitrogen and oxygen atoms in total. The molecule has 0 atom stereocenters. The van der Waals surface area contributed by atoms with Gasteiger partial charge in [0, 0.05) is 0 Å². The first-order valence-corrected chi connectivity index (χ1v) is 7.93. The summed E-state index contributed by atoms with van der Waals surface area (Å²) in [7, 11) is 0. The number of fused-ring (bicyclic) bond motifs is 1. The molecule has 0 aliphatic rings. The van der Waals surface area contributed by atoms with Gasteiger partial charge in [-0.05, 0) is 37.3 Å². The van der Waals surface area contributed by atoms with E-state index in [-0.39, 0.29) is 24.4 Å². The zero-order valence-electron chi connectivity index (χ0n) is 13.9. The van der Waals surface area contributed by atoms with Crippen molar-refractivity contribution in [3.05, 3.63) is 64.3 Å². The average molecular weight is 357 g/mol. The largest absolute Gasteiger partial charge is 0.462 e. The monoisotopic (exact) mass is 357 g/mol. The molecule has 134 valence electrons. The number of ether oxygens (including phenoxy) is 1. The van der Waals surface area contributed by atoms with Crippen molar-refractivity contribution in [2.75, 3.05) is 11.9 Å². The number of carbonyl (C=O) groups excluding carboxylic acids is 2. The highest BCUT2D eigenvalue weighted by Gasteiger charge is 2.16. The Morgan fingerprint density at radius 2 is 2.00 bits per heavy atom. The van der Waals surface area contributed by atoms with Crippen molar-refractivity contribution in [1.82, 2.24) is 9.55 Å². The molecule has 0 unspecified atom stereocenters. The Kier molecular flexibility index (Phi) is 4.83. The number of hydrogen-bond donors (Lipinski definition) is 2. The summed E-state index contributed by atoms with van der Waals surface area (Å²) in [5.41, 5.74) is 0.685. The second-order valence-electron chi connectivity index (χ2n) is 5.49. The van der Waals surface area contributed by atoms with Gasteiger partial charge in [-0.3, -0.25) is 9.36 Å². The van der Waals surface area contributed by atoms with E-state index in [2.05, 4.69) is 10.3 Å². The zero-order chi connectivity index (χ0) is 18.7. The third-order valence-corrected chi connectivity index (χ3v) is 3.73. The number of halogens is 1. The van der Waals surface area contributed by atoms with Crippen LogP contribution in [0.5, 0.6) is 0 Å². The van der Waals surface area contributed by atoms with E-state index in [0.717, 1.165) is 0 Å². The van der Waals surface area contributed by atoms with Crippen molar-refractivity contribution >= 4 is 28.6 Å². The van der Waals surface area contributed by atoms with E-state index in [1.165, 1.54) is 28.8 Å². The van der Waals surface area contributed by atoms with Crippen molar-refractivity contribution in [1.29, 1.82) is 0 Å². The van der Waals surface area contributed by atoms with Crippen LogP contribution in [0.3, 0.4) is 0 Å². The lowest BCUT2D eigenvalue weighted by atomic mass is 10.2. The average Bonchev–Trinajstić information content (AvgIpc) is 2.90. The maximum Gasteiger partial charge on any atom is 0.340 e. The van der Waals surface area contributed by atoms with Crippen LogP contribution in [0.15, 0.2) is 47.3 Å². The SMILES string of the molecule is CCOC(=O)c1ccccc1NC(=O)Cn1c(=O)[nH]c2cc(F)ccc21. The highest BCUT2D eigenvalue weighted by Crippen LogP contribution is 2.17. The Morgan fingerprint density at radius 3 is 2.77 bits per heavy atom. The molecule has 8 heteroatoms. The minimum absolute atomic E-state index is 0.211. The number of benzene rings is 2. The molecule has 0 spiro atoms. The molecule has 0 aliphatic carbocycles. The van der Waals surface area contributed by atoms with E-state index in [9.17, 15) is 18.8 Å². The van der Waals surface area contributed by atoms with Gasteiger partial charge in [0.15, 0.2) is 0 Å². The lowest BCUT2D eigenvalue weighted by Crippen LogP contribution is -2.26. The van der Waals surface area contributed by atoms with E-state index in [1.54, 1.807) is 25.1 Å². The van der Waals surface area contributed by atoms with Gasteiger partial charge >= 0.3 is 11.7 Å². The van der Waals surface area contributed by atoms with Gasteiger partial charge in [0.2, 0.25) is 5.91 Å². The second-order valence-corrected chi connectivity index (χ2v) is 5.49. The maximum absolute atomic E-state index is 13.3. The highest BCUT2D eigenvalue weighted by atomic mass is 19.1. The lowest BCUT2D eigenvalue weighted by molar-refractivity contribution is -0.116. The third-order valence-electron chi connectivity index (χ3n) is 3.73. The van der Waals surface area contributed by atoms with Gasteiger partial charge in [0.1, 0.15) is 12.4 Å². The Morgan fingerprint density at radius 1 is 1.23 bits per heavy atom. The van der Waals surface area contributed by atoms with Gasteiger partial charge in [-0.15, -0.1) is 0 Å². The van der Waals surface area contributed by atoms with Crippen molar-refractivity contribution in [2.24, 2.45) is 0 Å². The summed E-state index contributed by atoms with van der Waals surface area (Å²) >= 11 is 0. The highest BCUT2D eigenvalue weighted by molar-refractivity contribution is 6.01. The third kappa shape index (κ3) is 3.49. The summed E-state index contributed by atoms with van der Waals surface area (Å²) < 4.78 is 19.4. The predicted octanol–water partition coefficient (Wildman–Crippen LogP) is 2.28. The molecule has 2 aromatic carbocycles. The minimum Gasteiger partial charge on any atom is -0.462 e. The topological polar surface area (TPSA) is 93.2 Å².